The van der Waals surface area contributed by atoms with Gasteiger partial charge in [-0.15, -0.1) is 11.3 Å². The second kappa shape index (κ2) is 7.19. The van der Waals surface area contributed by atoms with Crippen LogP contribution in [0.1, 0.15) is 0 Å². The van der Waals surface area contributed by atoms with E-state index in [1.54, 1.807) is 30.8 Å². The number of urea groups is 1. The number of nitrogens with one attached hydrogen (secondary N) is 3. The average molecular weight is 419 g/mol. The molecule has 6 nitrogen and oxygen atoms in total. The van der Waals surface area contributed by atoms with Crippen LogP contribution in [0.5, 0.6) is 0 Å². The molecule has 2 heterocycles. The lowest BCUT2D eigenvalue weighted by Crippen LogP contribution is -2.31. The van der Waals surface area contributed by atoms with Crippen molar-refractivity contribution < 1.29 is 9.78 Å². The van der Waals surface area contributed by atoms with E-state index in [4.69, 9.17) is 23.2 Å². The predicted molar refractivity (Wildman–Crippen MR) is 110 cm³/mol. The number of imidazole rings is 1. The Hall–Kier alpha value is -2.61. The summed E-state index contributed by atoms with van der Waals surface area (Å²) in [5.74, 6) is 0.822. The molecular formula is C18H14Cl2N5OS+. The van der Waals surface area contributed by atoms with Crippen LogP contribution in [0.15, 0.2) is 47.3 Å². The molecule has 3 N–H and O–H groups in total. The SMILES string of the molecule is CN(C(=O)Nc1ccc2[nH+]c(-c3cscn3)[nH]c2c1)c1ccc(Cl)c(Cl)c1. The number of carbonyl (C=O) groups excluding carboxylic acids is 1. The van der Waals surface area contributed by atoms with Crippen LogP contribution < -0.4 is 15.2 Å². The topological polar surface area (TPSA) is 75.2 Å². The van der Waals surface area contributed by atoms with E-state index in [9.17, 15) is 4.79 Å². The molecule has 136 valence electrons. The van der Waals surface area contributed by atoms with E-state index in [1.165, 1.54) is 16.2 Å². The van der Waals surface area contributed by atoms with Crippen LogP contribution >= 0.6 is 34.5 Å². The lowest BCUT2D eigenvalue weighted by molar-refractivity contribution is -0.330. The fourth-order valence-electron chi connectivity index (χ4n) is 2.62. The van der Waals surface area contributed by atoms with Gasteiger partial charge in [0, 0.05) is 29.9 Å². The third-order valence-corrected chi connectivity index (χ3v) is 5.40. The maximum atomic E-state index is 12.5. The molecule has 0 aliphatic carbocycles. The van der Waals surface area contributed by atoms with Gasteiger partial charge in [-0.2, -0.15) is 0 Å². The van der Waals surface area contributed by atoms with E-state index in [-0.39, 0.29) is 6.03 Å². The van der Waals surface area contributed by atoms with E-state index in [0.717, 1.165) is 22.6 Å². The summed E-state index contributed by atoms with van der Waals surface area (Å²) in [5, 5.41) is 5.67. The molecule has 4 aromatic rings. The standard InChI is InChI=1S/C18H13Cl2N5OS/c1-25(11-3-4-12(19)13(20)7-11)18(26)22-10-2-5-14-15(6-10)24-17(23-14)16-8-27-9-21-16/h2-9H,1H3,(H,22,26)(H,23,24)/p+1. The summed E-state index contributed by atoms with van der Waals surface area (Å²) in [4.78, 5) is 24.9. The van der Waals surface area contributed by atoms with Gasteiger partial charge in [0.1, 0.15) is 0 Å². The number of carbonyl (C=O) groups is 1. The monoisotopic (exact) mass is 418 g/mol. The van der Waals surface area contributed by atoms with E-state index in [2.05, 4.69) is 20.3 Å². The highest BCUT2D eigenvalue weighted by molar-refractivity contribution is 7.07. The minimum Gasteiger partial charge on any atom is -0.307 e. The molecule has 0 spiro atoms. The summed E-state index contributed by atoms with van der Waals surface area (Å²) in [7, 11) is 1.66. The first-order valence-corrected chi connectivity index (χ1v) is 9.64. The number of benzene rings is 2. The number of H-pyrrole nitrogens is 2. The average Bonchev–Trinajstić information content (AvgIpc) is 3.32. The highest BCUT2D eigenvalue weighted by Gasteiger charge is 2.16. The Balaban J connectivity index is 1.55. The Bertz CT molecular complexity index is 1130. The Labute approximate surface area is 168 Å². The minimum absolute atomic E-state index is 0.289. The number of aromatic nitrogens is 3. The van der Waals surface area contributed by atoms with E-state index >= 15 is 0 Å². The van der Waals surface area contributed by atoms with Crippen molar-refractivity contribution in [2.45, 2.75) is 0 Å². The fourth-order valence-corrected chi connectivity index (χ4v) is 3.45. The number of aromatic amines is 2. The van der Waals surface area contributed by atoms with E-state index in [0.29, 0.717) is 21.4 Å². The highest BCUT2D eigenvalue weighted by atomic mass is 35.5. The first kappa shape index (κ1) is 17.8. The zero-order valence-electron chi connectivity index (χ0n) is 14.1. The molecule has 0 unspecified atom stereocenters. The first-order chi connectivity index (χ1) is 13.0. The number of anilines is 2. The van der Waals surface area contributed by atoms with Crippen LogP contribution in [0.3, 0.4) is 0 Å². The smallest absolute Gasteiger partial charge is 0.307 e. The lowest BCUT2D eigenvalue weighted by Gasteiger charge is -2.18. The van der Waals surface area contributed by atoms with Crippen molar-refractivity contribution in [3.63, 3.8) is 0 Å². The van der Waals surface area contributed by atoms with Gasteiger partial charge in [-0.3, -0.25) is 4.90 Å². The van der Waals surface area contributed by atoms with Crippen molar-refractivity contribution in [2.75, 3.05) is 17.3 Å². The van der Waals surface area contributed by atoms with Gasteiger partial charge in [0.25, 0.3) is 0 Å². The molecule has 0 bridgehead atoms. The molecule has 9 heteroatoms. The van der Waals surface area contributed by atoms with Crippen LogP contribution in [0.2, 0.25) is 10.0 Å². The Morgan fingerprint density at radius 1 is 1.22 bits per heavy atom. The van der Waals surface area contributed by atoms with Crippen LogP contribution in [0.25, 0.3) is 22.6 Å². The predicted octanol–water partition coefficient (Wildman–Crippen LogP) is 5.08. The summed E-state index contributed by atoms with van der Waals surface area (Å²) >= 11 is 13.5. The maximum Gasteiger partial charge on any atom is 0.326 e. The van der Waals surface area contributed by atoms with Gasteiger partial charge >= 0.3 is 11.9 Å². The number of hydrogen-bond donors (Lipinski definition) is 2. The van der Waals surface area contributed by atoms with Crippen molar-refractivity contribution in [2.24, 2.45) is 0 Å². The molecule has 0 aliphatic rings. The number of fused-ring (bicyclic) bond motifs is 1. The number of hydrogen-bond acceptors (Lipinski definition) is 3. The number of rotatable bonds is 3. The van der Waals surface area contributed by atoms with Crippen LogP contribution in [0.4, 0.5) is 16.2 Å². The Morgan fingerprint density at radius 3 is 2.81 bits per heavy atom. The van der Waals surface area contributed by atoms with Crippen molar-refractivity contribution >= 4 is 63.0 Å². The zero-order valence-corrected chi connectivity index (χ0v) is 16.4. The summed E-state index contributed by atoms with van der Waals surface area (Å²) in [6.07, 6.45) is 0. The number of halogens is 2. The number of thiazole rings is 1. The van der Waals surface area contributed by atoms with Gasteiger partial charge in [-0.05, 0) is 30.3 Å². The summed E-state index contributed by atoms with van der Waals surface area (Å²) in [5.41, 5.74) is 5.73. The maximum absolute atomic E-state index is 12.5. The van der Waals surface area contributed by atoms with Crippen molar-refractivity contribution in [3.05, 3.63) is 57.3 Å². The molecule has 2 aromatic heterocycles. The second-order valence-corrected chi connectivity index (χ2v) is 7.38. The molecule has 0 aliphatic heterocycles. The molecule has 2 amide bonds. The van der Waals surface area contributed by atoms with Gasteiger partial charge in [0.15, 0.2) is 16.7 Å². The van der Waals surface area contributed by atoms with Gasteiger partial charge < -0.3 is 5.32 Å². The summed E-state index contributed by atoms with van der Waals surface area (Å²) in [6.45, 7) is 0. The Kier molecular flexibility index (Phi) is 4.73. The van der Waals surface area contributed by atoms with Crippen LogP contribution in [-0.4, -0.2) is 23.0 Å². The van der Waals surface area contributed by atoms with E-state index in [1.807, 2.05) is 23.6 Å². The molecule has 0 atom stereocenters. The molecule has 0 radical (unpaired) electrons. The van der Waals surface area contributed by atoms with Gasteiger partial charge in [-0.1, -0.05) is 23.2 Å². The van der Waals surface area contributed by atoms with Gasteiger partial charge in [0.05, 0.1) is 15.6 Å². The second-order valence-electron chi connectivity index (χ2n) is 5.85. The molecule has 0 fully saturated rings. The summed E-state index contributed by atoms with van der Waals surface area (Å²) in [6, 6.07) is 10.3. The molecule has 2 aromatic carbocycles. The number of nitrogens with zero attached hydrogens (tertiary/aromatic N) is 2. The normalized spacial score (nSPS) is 10.9. The number of amides is 2. The fraction of sp³-hybridized carbons (Fsp3) is 0.0556. The van der Waals surface area contributed by atoms with Crippen molar-refractivity contribution in [1.82, 2.24) is 9.97 Å². The largest absolute Gasteiger partial charge is 0.326 e. The third kappa shape index (κ3) is 3.62. The molecular weight excluding hydrogens is 405 g/mol. The lowest BCUT2D eigenvalue weighted by atomic mass is 10.2. The summed E-state index contributed by atoms with van der Waals surface area (Å²) < 4.78 is 0. The van der Waals surface area contributed by atoms with E-state index < -0.39 is 0 Å². The van der Waals surface area contributed by atoms with Crippen molar-refractivity contribution in [3.8, 4) is 11.5 Å². The highest BCUT2D eigenvalue weighted by Crippen LogP contribution is 2.27. The molecule has 0 saturated carbocycles. The zero-order chi connectivity index (χ0) is 19.0. The van der Waals surface area contributed by atoms with Gasteiger partial charge in [-0.25, -0.2) is 19.7 Å². The first-order valence-electron chi connectivity index (χ1n) is 7.94. The van der Waals surface area contributed by atoms with Gasteiger partial charge in [0.2, 0.25) is 0 Å². The molecule has 4 rings (SSSR count). The Morgan fingerprint density at radius 2 is 2.07 bits per heavy atom. The molecule has 0 saturated heterocycles. The van der Waals surface area contributed by atoms with Crippen LogP contribution in [-0.2, 0) is 0 Å². The molecule has 27 heavy (non-hydrogen) atoms. The van der Waals surface area contributed by atoms with Crippen molar-refractivity contribution in [1.29, 1.82) is 0 Å². The third-order valence-electron chi connectivity index (χ3n) is 4.07. The quantitative estimate of drug-likeness (QED) is 0.486. The van der Waals surface area contributed by atoms with Crippen LogP contribution in [0, 0.1) is 0 Å². The minimum atomic E-state index is -0.289.